The maximum atomic E-state index is 5.75. The van der Waals surface area contributed by atoms with E-state index in [0.717, 1.165) is 48.2 Å². The van der Waals surface area contributed by atoms with E-state index in [1.54, 1.807) is 7.11 Å². The lowest BCUT2D eigenvalue weighted by molar-refractivity contribution is 0.119. The molecule has 2 aromatic rings. The van der Waals surface area contributed by atoms with Gasteiger partial charge in [-0.05, 0) is 44.9 Å². The average Bonchev–Trinajstić information content (AvgIpc) is 2.94. The number of hydrogen-bond donors (Lipinski definition) is 2. The van der Waals surface area contributed by atoms with Crippen molar-refractivity contribution in [1.29, 1.82) is 0 Å². The summed E-state index contributed by atoms with van der Waals surface area (Å²) in [5.41, 5.74) is 4.52. The summed E-state index contributed by atoms with van der Waals surface area (Å²) in [4.78, 5) is 4.69. The number of aryl methyl sites for hydroxylation is 2. The summed E-state index contributed by atoms with van der Waals surface area (Å²) < 4.78 is 12.8. The van der Waals surface area contributed by atoms with E-state index in [1.807, 2.05) is 42.9 Å². The van der Waals surface area contributed by atoms with Crippen LogP contribution in [0.3, 0.4) is 0 Å². The number of aliphatic imine (C=N–C) groups is 1. The fraction of sp³-hybridized carbons (Fsp3) is 0.524. The molecule has 0 fully saturated rings. The van der Waals surface area contributed by atoms with E-state index in [-0.39, 0.29) is 24.0 Å². The lowest BCUT2D eigenvalue weighted by Crippen LogP contribution is -2.38. The number of aromatic nitrogens is 2. The quantitative estimate of drug-likeness (QED) is 0.220. The molecule has 0 bridgehead atoms. The van der Waals surface area contributed by atoms with E-state index in [9.17, 15) is 0 Å². The van der Waals surface area contributed by atoms with Crippen molar-refractivity contribution in [3.8, 4) is 5.75 Å². The molecule has 1 heterocycles. The fourth-order valence-corrected chi connectivity index (χ4v) is 2.84. The van der Waals surface area contributed by atoms with Crippen LogP contribution in [-0.4, -0.2) is 42.5 Å². The standard InChI is InChI=1S/C21H33N5O2.HI/c1-6-22-21(24-14-20-16(2)25-26(4)17(20)3)23-12-7-13-28-15-18-8-10-19(27-5)11-9-18;/h8-11H,6-7,12-15H2,1-5H3,(H2,22,23,24);1H. The summed E-state index contributed by atoms with van der Waals surface area (Å²) in [6.07, 6.45) is 0.908. The van der Waals surface area contributed by atoms with Gasteiger partial charge in [0.05, 0.1) is 26.0 Å². The molecule has 0 aliphatic heterocycles. The molecule has 0 saturated heterocycles. The molecular formula is C21H34IN5O2. The van der Waals surface area contributed by atoms with Crippen molar-refractivity contribution in [2.75, 3.05) is 26.8 Å². The summed E-state index contributed by atoms with van der Waals surface area (Å²) in [6.45, 7) is 9.72. The molecule has 8 heteroatoms. The highest BCUT2D eigenvalue weighted by atomic mass is 127. The van der Waals surface area contributed by atoms with Crippen LogP contribution in [0.4, 0.5) is 0 Å². The summed E-state index contributed by atoms with van der Waals surface area (Å²) in [6, 6.07) is 7.95. The average molecular weight is 515 g/mol. The number of hydrogen-bond acceptors (Lipinski definition) is 4. The SMILES string of the molecule is CCNC(=NCc1c(C)nn(C)c1C)NCCCOCc1ccc(OC)cc1.I. The molecule has 7 nitrogen and oxygen atoms in total. The van der Waals surface area contributed by atoms with Gasteiger partial charge in [0.15, 0.2) is 5.96 Å². The van der Waals surface area contributed by atoms with Gasteiger partial charge in [0.1, 0.15) is 5.75 Å². The number of guanidine groups is 1. The van der Waals surface area contributed by atoms with Gasteiger partial charge in [0, 0.05) is 38.0 Å². The molecule has 0 spiro atoms. The predicted octanol–water partition coefficient (Wildman–Crippen LogP) is 3.33. The van der Waals surface area contributed by atoms with Crippen LogP contribution in [0.5, 0.6) is 5.75 Å². The number of nitrogens with one attached hydrogen (secondary N) is 2. The van der Waals surface area contributed by atoms with Gasteiger partial charge >= 0.3 is 0 Å². The Morgan fingerprint density at radius 2 is 1.90 bits per heavy atom. The zero-order chi connectivity index (χ0) is 20.4. The van der Waals surface area contributed by atoms with Crippen LogP contribution < -0.4 is 15.4 Å². The van der Waals surface area contributed by atoms with Crippen molar-refractivity contribution in [3.05, 3.63) is 46.8 Å². The Balaban J connectivity index is 0.00000420. The van der Waals surface area contributed by atoms with Crippen LogP contribution in [0, 0.1) is 13.8 Å². The molecule has 162 valence electrons. The minimum atomic E-state index is 0. The first-order chi connectivity index (χ1) is 13.5. The van der Waals surface area contributed by atoms with Gasteiger partial charge in [-0.3, -0.25) is 4.68 Å². The van der Waals surface area contributed by atoms with Crippen LogP contribution in [0.1, 0.15) is 35.9 Å². The lowest BCUT2D eigenvalue weighted by Gasteiger charge is -2.11. The first-order valence-electron chi connectivity index (χ1n) is 9.77. The molecule has 29 heavy (non-hydrogen) atoms. The van der Waals surface area contributed by atoms with Crippen LogP contribution in [0.2, 0.25) is 0 Å². The molecule has 0 saturated carbocycles. The van der Waals surface area contributed by atoms with Gasteiger partial charge < -0.3 is 20.1 Å². The van der Waals surface area contributed by atoms with Gasteiger partial charge in [-0.15, -0.1) is 24.0 Å². The van der Waals surface area contributed by atoms with Crippen molar-refractivity contribution in [2.24, 2.45) is 12.0 Å². The van der Waals surface area contributed by atoms with Gasteiger partial charge in [-0.1, -0.05) is 12.1 Å². The number of rotatable bonds is 10. The smallest absolute Gasteiger partial charge is 0.191 e. The van der Waals surface area contributed by atoms with Gasteiger partial charge in [0.25, 0.3) is 0 Å². The minimum Gasteiger partial charge on any atom is -0.497 e. The molecule has 0 unspecified atom stereocenters. The molecular weight excluding hydrogens is 481 g/mol. The number of nitrogens with zero attached hydrogens (tertiary/aromatic N) is 3. The fourth-order valence-electron chi connectivity index (χ4n) is 2.84. The van der Waals surface area contributed by atoms with E-state index in [2.05, 4.69) is 34.6 Å². The maximum Gasteiger partial charge on any atom is 0.191 e. The summed E-state index contributed by atoms with van der Waals surface area (Å²) in [5.74, 6) is 1.68. The Bertz CT molecular complexity index is 759. The number of ether oxygens (including phenoxy) is 2. The van der Waals surface area contributed by atoms with Crippen molar-refractivity contribution in [2.45, 2.75) is 40.3 Å². The monoisotopic (exact) mass is 515 g/mol. The lowest BCUT2D eigenvalue weighted by atomic mass is 10.2. The molecule has 0 atom stereocenters. The third-order valence-corrected chi connectivity index (χ3v) is 4.58. The Labute approximate surface area is 191 Å². The van der Waals surface area contributed by atoms with Gasteiger partial charge in [-0.25, -0.2) is 4.99 Å². The van der Waals surface area contributed by atoms with E-state index < -0.39 is 0 Å². The Morgan fingerprint density at radius 3 is 2.48 bits per heavy atom. The van der Waals surface area contributed by atoms with E-state index in [0.29, 0.717) is 19.8 Å². The normalized spacial score (nSPS) is 11.1. The van der Waals surface area contributed by atoms with Crippen molar-refractivity contribution >= 4 is 29.9 Å². The molecule has 2 rings (SSSR count). The first kappa shape index (κ1) is 25.2. The first-order valence-corrected chi connectivity index (χ1v) is 9.77. The van der Waals surface area contributed by atoms with Crippen molar-refractivity contribution in [3.63, 3.8) is 0 Å². The molecule has 0 amide bonds. The number of halogens is 1. The Morgan fingerprint density at radius 1 is 1.17 bits per heavy atom. The maximum absolute atomic E-state index is 5.75. The van der Waals surface area contributed by atoms with E-state index in [4.69, 9.17) is 9.47 Å². The van der Waals surface area contributed by atoms with Crippen LogP contribution in [-0.2, 0) is 24.9 Å². The summed E-state index contributed by atoms with van der Waals surface area (Å²) in [7, 11) is 3.63. The van der Waals surface area contributed by atoms with Crippen molar-refractivity contribution in [1.82, 2.24) is 20.4 Å². The number of benzene rings is 1. The molecule has 1 aromatic carbocycles. The highest BCUT2D eigenvalue weighted by Crippen LogP contribution is 2.13. The molecule has 1 aromatic heterocycles. The summed E-state index contributed by atoms with van der Waals surface area (Å²) >= 11 is 0. The second-order valence-corrected chi connectivity index (χ2v) is 6.65. The second kappa shape index (κ2) is 13.4. The molecule has 0 radical (unpaired) electrons. The highest BCUT2D eigenvalue weighted by molar-refractivity contribution is 14.0. The second-order valence-electron chi connectivity index (χ2n) is 6.65. The van der Waals surface area contributed by atoms with E-state index in [1.165, 1.54) is 5.56 Å². The molecule has 0 aliphatic rings. The van der Waals surface area contributed by atoms with Crippen LogP contribution >= 0.6 is 24.0 Å². The Kier molecular flexibility index (Phi) is 11.7. The van der Waals surface area contributed by atoms with E-state index >= 15 is 0 Å². The molecule has 0 aliphatic carbocycles. The van der Waals surface area contributed by atoms with Gasteiger partial charge in [-0.2, -0.15) is 5.10 Å². The third-order valence-electron chi connectivity index (χ3n) is 4.58. The predicted molar refractivity (Wildman–Crippen MR) is 128 cm³/mol. The van der Waals surface area contributed by atoms with Crippen molar-refractivity contribution < 1.29 is 9.47 Å². The molecule has 2 N–H and O–H groups in total. The van der Waals surface area contributed by atoms with Gasteiger partial charge in [0.2, 0.25) is 0 Å². The highest BCUT2D eigenvalue weighted by Gasteiger charge is 2.08. The number of methoxy groups -OCH3 is 1. The minimum absolute atomic E-state index is 0. The zero-order valence-corrected chi connectivity index (χ0v) is 20.4. The third kappa shape index (κ3) is 8.22. The Hall–Kier alpha value is -1.81. The largest absolute Gasteiger partial charge is 0.497 e. The summed E-state index contributed by atoms with van der Waals surface area (Å²) in [5, 5.41) is 11.1. The van der Waals surface area contributed by atoms with Crippen LogP contribution in [0.25, 0.3) is 0 Å². The van der Waals surface area contributed by atoms with Crippen LogP contribution in [0.15, 0.2) is 29.3 Å². The topological polar surface area (TPSA) is 72.7 Å². The zero-order valence-electron chi connectivity index (χ0n) is 18.1.